The third-order valence-electron chi connectivity index (χ3n) is 4.50. The standard InChI is InChI=1S/C18H20N2O3.ClH/c1-12-10-16(13(2)20(12)15-6-4-3-5-7-15)17(21)19-9-8-14(11-19)18(22)23;/h3-7,10,14H,8-9,11H2,1-2H3,(H,22,23);1H. The van der Waals surface area contributed by atoms with Gasteiger partial charge in [-0.15, -0.1) is 12.4 Å². The number of benzene rings is 1. The van der Waals surface area contributed by atoms with Crippen LogP contribution < -0.4 is 0 Å². The van der Waals surface area contributed by atoms with Crippen LogP contribution in [0.1, 0.15) is 28.2 Å². The predicted octanol–water partition coefficient (Wildman–Crippen LogP) is 3.06. The largest absolute Gasteiger partial charge is 0.481 e. The highest BCUT2D eigenvalue weighted by molar-refractivity contribution is 5.96. The number of carboxylic acids is 1. The lowest BCUT2D eigenvalue weighted by Crippen LogP contribution is -2.30. The molecule has 0 radical (unpaired) electrons. The van der Waals surface area contributed by atoms with Gasteiger partial charge in [-0.1, -0.05) is 18.2 Å². The molecule has 1 unspecified atom stereocenters. The van der Waals surface area contributed by atoms with E-state index in [2.05, 4.69) is 4.57 Å². The zero-order valence-electron chi connectivity index (χ0n) is 13.7. The van der Waals surface area contributed by atoms with E-state index in [1.807, 2.05) is 50.2 Å². The topological polar surface area (TPSA) is 62.5 Å². The average molecular weight is 349 g/mol. The molecule has 6 heteroatoms. The minimum Gasteiger partial charge on any atom is -0.481 e. The second-order valence-electron chi connectivity index (χ2n) is 6.03. The summed E-state index contributed by atoms with van der Waals surface area (Å²) in [5, 5.41) is 9.09. The highest BCUT2D eigenvalue weighted by Crippen LogP contribution is 2.24. The zero-order valence-corrected chi connectivity index (χ0v) is 14.5. The number of amides is 1. The van der Waals surface area contributed by atoms with Crippen LogP contribution in [0.3, 0.4) is 0 Å². The number of aliphatic carboxylic acids is 1. The predicted molar refractivity (Wildman–Crippen MR) is 94.1 cm³/mol. The van der Waals surface area contributed by atoms with E-state index in [1.54, 1.807) is 4.90 Å². The lowest BCUT2D eigenvalue weighted by molar-refractivity contribution is -0.141. The first-order valence-electron chi connectivity index (χ1n) is 7.75. The summed E-state index contributed by atoms with van der Waals surface area (Å²) in [4.78, 5) is 25.5. The van der Waals surface area contributed by atoms with Gasteiger partial charge in [-0.3, -0.25) is 9.59 Å². The van der Waals surface area contributed by atoms with Crippen molar-refractivity contribution in [3.63, 3.8) is 0 Å². The second-order valence-corrected chi connectivity index (χ2v) is 6.03. The summed E-state index contributed by atoms with van der Waals surface area (Å²) in [6.45, 7) is 4.70. The first kappa shape index (κ1) is 18.1. The van der Waals surface area contributed by atoms with Crippen molar-refractivity contribution < 1.29 is 14.7 Å². The summed E-state index contributed by atoms with van der Waals surface area (Å²) in [5.74, 6) is -1.35. The fourth-order valence-corrected chi connectivity index (χ4v) is 3.27. The van der Waals surface area contributed by atoms with E-state index in [4.69, 9.17) is 5.11 Å². The van der Waals surface area contributed by atoms with E-state index in [0.717, 1.165) is 17.1 Å². The van der Waals surface area contributed by atoms with Crippen LogP contribution in [0.2, 0.25) is 0 Å². The van der Waals surface area contributed by atoms with Crippen molar-refractivity contribution >= 4 is 24.3 Å². The van der Waals surface area contributed by atoms with Crippen molar-refractivity contribution in [1.82, 2.24) is 9.47 Å². The van der Waals surface area contributed by atoms with E-state index in [0.29, 0.717) is 25.1 Å². The molecule has 0 saturated carbocycles. The minimum absolute atomic E-state index is 0. The van der Waals surface area contributed by atoms with Crippen molar-refractivity contribution in [2.75, 3.05) is 13.1 Å². The molecule has 3 rings (SSSR count). The molecule has 2 aromatic rings. The van der Waals surface area contributed by atoms with Gasteiger partial charge in [0.25, 0.3) is 5.91 Å². The molecule has 1 atom stereocenters. The Labute approximate surface area is 147 Å². The van der Waals surface area contributed by atoms with Crippen molar-refractivity contribution in [1.29, 1.82) is 0 Å². The third kappa shape index (κ3) is 3.17. The molecule has 0 spiro atoms. The number of carbonyl (C=O) groups excluding carboxylic acids is 1. The van der Waals surface area contributed by atoms with Crippen molar-refractivity contribution in [3.8, 4) is 5.69 Å². The van der Waals surface area contributed by atoms with Crippen LogP contribution in [0.25, 0.3) is 5.69 Å². The van der Waals surface area contributed by atoms with E-state index in [1.165, 1.54) is 0 Å². The Bertz CT molecular complexity index is 755. The highest BCUT2D eigenvalue weighted by atomic mass is 35.5. The summed E-state index contributed by atoms with van der Waals surface area (Å²) in [5.41, 5.74) is 3.55. The molecular formula is C18H21ClN2O3. The molecule has 1 N–H and O–H groups in total. The molecule has 1 aromatic heterocycles. The SMILES string of the molecule is Cc1cc(C(=O)N2CCC(C(=O)O)C2)c(C)n1-c1ccccc1.Cl. The van der Waals surface area contributed by atoms with E-state index >= 15 is 0 Å². The fraction of sp³-hybridized carbons (Fsp3) is 0.333. The Morgan fingerprint density at radius 1 is 1.17 bits per heavy atom. The molecule has 0 bridgehead atoms. The molecule has 24 heavy (non-hydrogen) atoms. The smallest absolute Gasteiger partial charge is 0.308 e. The number of carbonyl (C=O) groups is 2. The van der Waals surface area contributed by atoms with Gasteiger partial charge in [-0.25, -0.2) is 0 Å². The maximum Gasteiger partial charge on any atom is 0.308 e. The number of para-hydroxylation sites is 1. The molecule has 5 nitrogen and oxygen atoms in total. The maximum atomic E-state index is 12.8. The summed E-state index contributed by atoms with van der Waals surface area (Å²) in [7, 11) is 0. The summed E-state index contributed by atoms with van der Waals surface area (Å²) in [6.07, 6.45) is 0.526. The molecule has 1 amide bonds. The van der Waals surface area contributed by atoms with Gasteiger partial charge in [0.2, 0.25) is 0 Å². The minimum atomic E-state index is -0.824. The highest BCUT2D eigenvalue weighted by Gasteiger charge is 2.32. The molecule has 128 valence electrons. The number of aromatic nitrogens is 1. The number of hydrogen-bond acceptors (Lipinski definition) is 2. The van der Waals surface area contributed by atoms with Crippen LogP contribution in [0.4, 0.5) is 0 Å². The first-order chi connectivity index (χ1) is 11.0. The van der Waals surface area contributed by atoms with E-state index < -0.39 is 11.9 Å². The molecule has 2 heterocycles. The number of nitrogens with zero attached hydrogens (tertiary/aromatic N) is 2. The van der Waals surface area contributed by atoms with Gasteiger partial charge in [0.1, 0.15) is 0 Å². The van der Waals surface area contributed by atoms with Crippen molar-refractivity contribution in [3.05, 3.63) is 53.3 Å². The number of rotatable bonds is 3. The Hall–Kier alpha value is -2.27. The Morgan fingerprint density at radius 2 is 1.83 bits per heavy atom. The number of carboxylic acid groups (broad SMARTS) is 1. The van der Waals surface area contributed by atoms with Gasteiger partial charge in [-0.2, -0.15) is 0 Å². The number of hydrogen-bond donors (Lipinski definition) is 1. The summed E-state index contributed by atoms with van der Waals surface area (Å²) >= 11 is 0. The molecule has 1 saturated heterocycles. The molecular weight excluding hydrogens is 328 g/mol. The number of aryl methyl sites for hydroxylation is 1. The van der Waals surface area contributed by atoms with E-state index in [-0.39, 0.29) is 18.3 Å². The zero-order chi connectivity index (χ0) is 16.6. The monoisotopic (exact) mass is 348 g/mol. The molecule has 1 aliphatic heterocycles. The lowest BCUT2D eigenvalue weighted by atomic mass is 10.1. The quantitative estimate of drug-likeness (QED) is 0.927. The first-order valence-corrected chi connectivity index (χ1v) is 7.75. The number of halogens is 1. The van der Waals surface area contributed by atoms with Gasteiger partial charge in [0.05, 0.1) is 11.5 Å². The molecule has 1 fully saturated rings. The van der Waals surface area contributed by atoms with Crippen LogP contribution in [-0.2, 0) is 4.79 Å². The van der Waals surface area contributed by atoms with Gasteiger partial charge < -0.3 is 14.6 Å². The van der Waals surface area contributed by atoms with Crippen LogP contribution in [0, 0.1) is 19.8 Å². The molecule has 1 aromatic carbocycles. The van der Waals surface area contributed by atoms with Crippen LogP contribution in [-0.4, -0.2) is 39.5 Å². The van der Waals surface area contributed by atoms with Crippen molar-refractivity contribution in [2.24, 2.45) is 5.92 Å². The third-order valence-corrected chi connectivity index (χ3v) is 4.50. The maximum absolute atomic E-state index is 12.8. The van der Waals surface area contributed by atoms with Gasteiger partial charge in [0, 0.05) is 30.2 Å². The average Bonchev–Trinajstić information content (AvgIpc) is 3.13. The molecule has 1 aliphatic rings. The number of likely N-dealkylation sites (tertiary alicyclic amines) is 1. The van der Waals surface area contributed by atoms with Gasteiger partial charge in [0.15, 0.2) is 0 Å². The van der Waals surface area contributed by atoms with Gasteiger partial charge >= 0.3 is 5.97 Å². The Morgan fingerprint density at radius 3 is 2.42 bits per heavy atom. The van der Waals surface area contributed by atoms with E-state index in [9.17, 15) is 9.59 Å². The second kappa shape index (κ2) is 7.09. The summed E-state index contributed by atoms with van der Waals surface area (Å²) < 4.78 is 2.05. The molecule has 0 aliphatic carbocycles. The Balaban J connectivity index is 0.00000208. The van der Waals surface area contributed by atoms with Crippen LogP contribution in [0.5, 0.6) is 0 Å². The van der Waals surface area contributed by atoms with Crippen LogP contribution in [0.15, 0.2) is 36.4 Å². The summed E-state index contributed by atoms with van der Waals surface area (Å²) in [6, 6.07) is 11.8. The lowest BCUT2D eigenvalue weighted by Gasteiger charge is -2.16. The normalized spacial score (nSPS) is 16.8. The fourth-order valence-electron chi connectivity index (χ4n) is 3.27. The van der Waals surface area contributed by atoms with Gasteiger partial charge in [-0.05, 0) is 38.5 Å². The van der Waals surface area contributed by atoms with Crippen molar-refractivity contribution in [2.45, 2.75) is 20.3 Å². The Kier molecular flexibility index (Phi) is 5.34. The van der Waals surface area contributed by atoms with Crippen LogP contribution >= 0.6 is 12.4 Å².